The molecule has 0 aliphatic carbocycles. The van der Waals surface area contributed by atoms with Crippen LogP contribution in [-0.2, 0) is 6.42 Å². The van der Waals surface area contributed by atoms with Gasteiger partial charge in [-0.25, -0.2) is 4.98 Å². The number of H-pyrrole nitrogens is 1. The summed E-state index contributed by atoms with van der Waals surface area (Å²) >= 11 is 0. The standard InChI is InChI=1S/C8H15N5/c1(2-8-11-6-12-13-8)3-10-7-4-9-5-7/h6-7,9-10H,1-5H2,(H,11,12,13). The zero-order valence-electron chi connectivity index (χ0n) is 7.58. The highest BCUT2D eigenvalue weighted by Gasteiger charge is 2.14. The molecule has 0 aromatic carbocycles. The second kappa shape index (κ2) is 4.34. The smallest absolute Gasteiger partial charge is 0.137 e. The van der Waals surface area contributed by atoms with Crippen LogP contribution in [0.1, 0.15) is 12.2 Å². The predicted molar refractivity (Wildman–Crippen MR) is 49.4 cm³/mol. The van der Waals surface area contributed by atoms with E-state index in [1.165, 1.54) is 0 Å². The van der Waals surface area contributed by atoms with Gasteiger partial charge >= 0.3 is 0 Å². The van der Waals surface area contributed by atoms with Crippen molar-refractivity contribution in [3.8, 4) is 0 Å². The number of nitrogens with zero attached hydrogens (tertiary/aromatic N) is 2. The van der Waals surface area contributed by atoms with Crippen molar-refractivity contribution >= 4 is 0 Å². The molecule has 3 N–H and O–H groups in total. The van der Waals surface area contributed by atoms with Gasteiger partial charge in [-0.3, -0.25) is 5.10 Å². The Bertz CT molecular complexity index is 229. The Kier molecular flexibility index (Phi) is 2.89. The maximum atomic E-state index is 4.06. The Morgan fingerprint density at radius 1 is 1.54 bits per heavy atom. The number of hydrogen-bond donors (Lipinski definition) is 3. The first kappa shape index (κ1) is 8.65. The Labute approximate surface area is 77.3 Å². The summed E-state index contributed by atoms with van der Waals surface area (Å²) in [5.41, 5.74) is 0. The number of hydrogen-bond acceptors (Lipinski definition) is 4. The lowest BCUT2D eigenvalue weighted by atomic mass is 10.2. The van der Waals surface area contributed by atoms with Crippen LogP contribution in [-0.4, -0.2) is 40.9 Å². The van der Waals surface area contributed by atoms with E-state index in [0.717, 1.165) is 38.3 Å². The molecule has 1 aliphatic rings. The van der Waals surface area contributed by atoms with Gasteiger partial charge in [0.15, 0.2) is 0 Å². The molecule has 1 aliphatic heterocycles. The van der Waals surface area contributed by atoms with Crippen molar-refractivity contribution in [1.29, 1.82) is 0 Å². The first-order valence-electron chi connectivity index (χ1n) is 4.73. The van der Waals surface area contributed by atoms with Crippen LogP contribution in [0.5, 0.6) is 0 Å². The fraction of sp³-hybridized carbons (Fsp3) is 0.750. The lowest BCUT2D eigenvalue weighted by Gasteiger charge is -2.28. The molecule has 2 heterocycles. The van der Waals surface area contributed by atoms with Crippen molar-refractivity contribution in [3.05, 3.63) is 12.2 Å². The summed E-state index contributed by atoms with van der Waals surface area (Å²) in [6.45, 7) is 3.29. The summed E-state index contributed by atoms with van der Waals surface area (Å²) in [5, 5.41) is 13.3. The van der Waals surface area contributed by atoms with Crippen molar-refractivity contribution in [1.82, 2.24) is 25.8 Å². The Hall–Kier alpha value is -0.940. The van der Waals surface area contributed by atoms with E-state index in [1.54, 1.807) is 6.33 Å². The molecule has 1 aromatic heterocycles. The third-order valence-electron chi connectivity index (χ3n) is 2.27. The fourth-order valence-corrected chi connectivity index (χ4v) is 1.35. The molecule has 5 heteroatoms. The van der Waals surface area contributed by atoms with E-state index >= 15 is 0 Å². The van der Waals surface area contributed by atoms with Crippen LogP contribution in [0.2, 0.25) is 0 Å². The predicted octanol–water partition coefficient (Wildman–Crippen LogP) is -0.701. The monoisotopic (exact) mass is 181 g/mol. The van der Waals surface area contributed by atoms with Crippen LogP contribution in [0.25, 0.3) is 0 Å². The van der Waals surface area contributed by atoms with Crippen molar-refractivity contribution in [2.75, 3.05) is 19.6 Å². The van der Waals surface area contributed by atoms with E-state index in [1.807, 2.05) is 0 Å². The van der Waals surface area contributed by atoms with Crippen molar-refractivity contribution in [2.24, 2.45) is 0 Å². The minimum Gasteiger partial charge on any atom is -0.314 e. The summed E-state index contributed by atoms with van der Waals surface area (Å²) < 4.78 is 0. The third-order valence-corrected chi connectivity index (χ3v) is 2.27. The van der Waals surface area contributed by atoms with Gasteiger partial charge in [-0.15, -0.1) is 0 Å². The van der Waals surface area contributed by atoms with Crippen LogP contribution >= 0.6 is 0 Å². The highest BCUT2D eigenvalue weighted by atomic mass is 15.2. The Morgan fingerprint density at radius 3 is 3.08 bits per heavy atom. The molecule has 72 valence electrons. The molecule has 13 heavy (non-hydrogen) atoms. The first-order chi connectivity index (χ1) is 6.45. The molecule has 0 bridgehead atoms. The highest BCUT2D eigenvalue weighted by molar-refractivity contribution is 4.83. The maximum Gasteiger partial charge on any atom is 0.137 e. The first-order valence-corrected chi connectivity index (χ1v) is 4.73. The molecule has 0 unspecified atom stereocenters. The molecule has 0 radical (unpaired) electrons. The number of nitrogens with one attached hydrogen (secondary N) is 3. The topological polar surface area (TPSA) is 65.6 Å². The zero-order chi connectivity index (χ0) is 8.93. The molecule has 1 fully saturated rings. The number of rotatable bonds is 5. The SMILES string of the molecule is c1n[nH]c(CCCNC2CNC2)n1. The van der Waals surface area contributed by atoms with Crippen molar-refractivity contribution < 1.29 is 0 Å². The van der Waals surface area contributed by atoms with Gasteiger partial charge in [0, 0.05) is 25.6 Å². The summed E-state index contributed by atoms with van der Waals surface area (Å²) in [7, 11) is 0. The maximum absolute atomic E-state index is 4.06. The largest absolute Gasteiger partial charge is 0.314 e. The normalized spacial score (nSPS) is 17.2. The minimum atomic E-state index is 0.690. The van der Waals surface area contributed by atoms with Crippen LogP contribution in [0.15, 0.2) is 6.33 Å². The molecule has 0 atom stereocenters. The van der Waals surface area contributed by atoms with Gasteiger partial charge in [-0.05, 0) is 13.0 Å². The summed E-state index contributed by atoms with van der Waals surface area (Å²) in [6, 6.07) is 0.690. The molecular weight excluding hydrogens is 166 g/mol. The Balaban J connectivity index is 1.53. The number of aromatic nitrogens is 3. The van der Waals surface area contributed by atoms with E-state index in [2.05, 4.69) is 25.8 Å². The number of aromatic amines is 1. The zero-order valence-corrected chi connectivity index (χ0v) is 7.58. The molecule has 1 aromatic rings. The minimum absolute atomic E-state index is 0.690. The summed E-state index contributed by atoms with van der Waals surface area (Å²) in [6.07, 6.45) is 3.65. The molecular formula is C8H15N5. The van der Waals surface area contributed by atoms with Gasteiger partial charge in [-0.2, -0.15) is 5.10 Å². The van der Waals surface area contributed by atoms with E-state index < -0.39 is 0 Å². The number of aryl methyl sites for hydroxylation is 1. The lowest BCUT2D eigenvalue weighted by Crippen LogP contribution is -2.55. The van der Waals surface area contributed by atoms with Gasteiger partial charge in [0.1, 0.15) is 12.2 Å². The molecule has 0 amide bonds. The Morgan fingerprint density at radius 2 is 2.46 bits per heavy atom. The van der Waals surface area contributed by atoms with E-state index in [-0.39, 0.29) is 0 Å². The molecule has 5 nitrogen and oxygen atoms in total. The van der Waals surface area contributed by atoms with Gasteiger partial charge in [0.05, 0.1) is 0 Å². The highest BCUT2D eigenvalue weighted by Crippen LogP contribution is 1.94. The average molecular weight is 181 g/mol. The summed E-state index contributed by atoms with van der Waals surface area (Å²) in [4.78, 5) is 4.06. The third kappa shape index (κ3) is 2.50. The molecule has 0 saturated carbocycles. The van der Waals surface area contributed by atoms with Gasteiger partial charge in [0.25, 0.3) is 0 Å². The van der Waals surface area contributed by atoms with Crippen LogP contribution in [0.3, 0.4) is 0 Å². The van der Waals surface area contributed by atoms with Crippen molar-refractivity contribution in [3.63, 3.8) is 0 Å². The van der Waals surface area contributed by atoms with Crippen LogP contribution in [0.4, 0.5) is 0 Å². The van der Waals surface area contributed by atoms with E-state index in [4.69, 9.17) is 0 Å². The summed E-state index contributed by atoms with van der Waals surface area (Å²) in [5.74, 6) is 0.980. The van der Waals surface area contributed by atoms with Gasteiger partial charge in [-0.1, -0.05) is 0 Å². The fourth-order valence-electron chi connectivity index (χ4n) is 1.35. The quantitative estimate of drug-likeness (QED) is 0.525. The second-order valence-corrected chi connectivity index (χ2v) is 3.35. The van der Waals surface area contributed by atoms with E-state index in [0.29, 0.717) is 6.04 Å². The van der Waals surface area contributed by atoms with Gasteiger partial charge in [0.2, 0.25) is 0 Å². The average Bonchev–Trinajstić information content (AvgIpc) is 2.53. The molecule has 0 spiro atoms. The van der Waals surface area contributed by atoms with E-state index in [9.17, 15) is 0 Å². The molecule has 2 rings (SSSR count). The van der Waals surface area contributed by atoms with Crippen molar-refractivity contribution in [2.45, 2.75) is 18.9 Å². The second-order valence-electron chi connectivity index (χ2n) is 3.35. The van der Waals surface area contributed by atoms with Crippen LogP contribution in [0, 0.1) is 0 Å². The van der Waals surface area contributed by atoms with Gasteiger partial charge < -0.3 is 10.6 Å². The van der Waals surface area contributed by atoms with Crippen LogP contribution < -0.4 is 10.6 Å². The molecule has 1 saturated heterocycles. The lowest BCUT2D eigenvalue weighted by molar-refractivity contribution is 0.365.